The topological polar surface area (TPSA) is 78.7 Å². The molecule has 0 unspecified atom stereocenters. The van der Waals surface area contributed by atoms with Crippen molar-refractivity contribution in [3.63, 3.8) is 0 Å². The number of methoxy groups -OCH3 is 1. The second kappa shape index (κ2) is 6.66. The zero-order valence-electron chi connectivity index (χ0n) is 11.6. The fourth-order valence-electron chi connectivity index (χ4n) is 1.80. The van der Waals surface area contributed by atoms with Gasteiger partial charge in [0.1, 0.15) is 12.4 Å². The van der Waals surface area contributed by atoms with Crippen molar-refractivity contribution in [1.29, 1.82) is 0 Å². The molecule has 0 aliphatic carbocycles. The van der Waals surface area contributed by atoms with E-state index in [2.05, 4.69) is 4.74 Å². The molecule has 0 bridgehead atoms. The van der Waals surface area contributed by atoms with Crippen LogP contribution in [0.1, 0.15) is 15.9 Å². The summed E-state index contributed by atoms with van der Waals surface area (Å²) in [5.41, 5.74) is -0.0828. The van der Waals surface area contributed by atoms with E-state index in [4.69, 9.17) is 4.74 Å². The summed E-state index contributed by atoms with van der Waals surface area (Å²) in [7, 11) is 1.18. The summed E-state index contributed by atoms with van der Waals surface area (Å²) in [6, 6.07) is 9.64. The summed E-state index contributed by atoms with van der Waals surface area (Å²) in [5.74, 6) is -1.21. The lowest BCUT2D eigenvalue weighted by atomic mass is 10.2. The number of hydrogen-bond donors (Lipinski definition) is 0. The monoisotopic (exact) mass is 305 g/mol. The molecule has 0 saturated heterocycles. The second-order valence-electron chi connectivity index (χ2n) is 4.31. The first-order chi connectivity index (χ1) is 10.5. The maximum Gasteiger partial charge on any atom is 0.338 e. The Balaban J connectivity index is 2.25. The predicted octanol–water partition coefficient (Wildman–Crippen LogP) is 3.10. The van der Waals surface area contributed by atoms with E-state index in [0.717, 1.165) is 6.07 Å². The Morgan fingerprint density at radius 1 is 1.27 bits per heavy atom. The van der Waals surface area contributed by atoms with Gasteiger partial charge in [-0.15, -0.1) is 0 Å². The molecule has 0 aromatic heterocycles. The van der Waals surface area contributed by atoms with E-state index in [1.807, 2.05) is 0 Å². The van der Waals surface area contributed by atoms with Crippen molar-refractivity contribution in [3.05, 3.63) is 69.5 Å². The van der Waals surface area contributed by atoms with Gasteiger partial charge in [-0.05, 0) is 18.2 Å². The molecule has 2 aromatic carbocycles. The minimum atomic E-state index is -0.691. The number of ether oxygens (including phenoxy) is 2. The molecule has 0 amide bonds. The quantitative estimate of drug-likeness (QED) is 0.482. The summed E-state index contributed by atoms with van der Waals surface area (Å²) in [5, 5.41) is 11.1. The van der Waals surface area contributed by atoms with Gasteiger partial charge in [0.2, 0.25) is 0 Å². The van der Waals surface area contributed by atoms with Gasteiger partial charge in [-0.25, -0.2) is 9.18 Å². The molecule has 0 N–H and O–H groups in total. The number of halogens is 1. The lowest BCUT2D eigenvalue weighted by molar-refractivity contribution is -0.386. The largest absolute Gasteiger partial charge is 0.482 e. The van der Waals surface area contributed by atoms with Crippen molar-refractivity contribution in [2.24, 2.45) is 0 Å². The lowest BCUT2D eigenvalue weighted by Crippen LogP contribution is -2.05. The number of nitro groups is 1. The van der Waals surface area contributed by atoms with Gasteiger partial charge in [-0.1, -0.05) is 18.2 Å². The van der Waals surface area contributed by atoms with E-state index < -0.39 is 16.7 Å². The molecular formula is C15H12FNO5. The standard InChI is InChI=1S/C15H12FNO5/c1-21-15(18)10-6-7-14(13(8-10)17(19)20)22-9-11-4-2-3-5-12(11)16/h2-8H,9H2,1H3. The highest BCUT2D eigenvalue weighted by Crippen LogP contribution is 2.29. The number of esters is 1. The summed E-state index contributed by atoms with van der Waals surface area (Å²) in [6.45, 7) is -0.162. The first kappa shape index (κ1) is 15.4. The van der Waals surface area contributed by atoms with Gasteiger partial charge in [0.15, 0.2) is 5.75 Å². The van der Waals surface area contributed by atoms with Gasteiger partial charge in [0.05, 0.1) is 17.6 Å². The normalized spacial score (nSPS) is 10.1. The molecule has 0 spiro atoms. The number of carbonyl (C=O) groups is 1. The molecule has 0 saturated carbocycles. The van der Waals surface area contributed by atoms with Crippen molar-refractivity contribution < 1.29 is 23.6 Å². The van der Waals surface area contributed by atoms with Crippen LogP contribution < -0.4 is 4.74 Å². The van der Waals surface area contributed by atoms with E-state index in [9.17, 15) is 19.3 Å². The van der Waals surface area contributed by atoms with Crippen LogP contribution >= 0.6 is 0 Å². The van der Waals surface area contributed by atoms with Gasteiger partial charge >= 0.3 is 11.7 Å². The Morgan fingerprint density at radius 3 is 2.64 bits per heavy atom. The molecule has 2 aromatic rings. The SMILES string of the molecule is COC(=O)c1ccc(OCc2ccccc2F)c([N+](=O)[O-])c1. The molecule has 0 heterocycles. The second-order valence-corrected chi connectivity index (χ2v) is 4.31. The van der Waals surface area contributed by atoms with Gasteiger partial charge in [0, 0.05) is 11.6 Å². The van der Waals surface area contributed by atoms with Crippen LogP contribution in [0, 0.1) is 15.9 Å². The fraction of sp³-hybridized carbons (Fsp3) is 0.133. The van der Waals surface area contributed by atoms with Crippen LogP contribution in [0.15, 0.2) is 42.5 Å². The van der Waals surface area contributed by atoms with Crippen molar-refractivity contribution >= 4 is 11.7 Å². The minimum absolute atomic E-state index is 0.0347. The fourth-order valence-corrected chi connectivity index (χ4v) is 1.80. The Bertz CT molecular complexity index is 717. The van der Waals surface area contributed by atoms with Crippen LogP contribution in [-0.2, 0) is 11.3 Å². The van der Waals surface area contributed by atoms with Crippen LogP contribution in [0.4, 0.5) is 10.1 Å². The molecule has 0 aliphatic heterocycles. The number of nitrogens with zero attached hydrogens (tertiary/aromatic N) is 1. The lowest BCUT2D eigenvalue weighted by Gasteiger charge is -2.08. The van der Waals surface area contributed by atoms with Gasteiger partial charge in [-0.3, -0.25) is 10.1 Å². The number of carbonyl (C=O) groups excluding carboxylic acids is 1. The first-order valence-electron chi connectivity index (χ1n) is 6.26. The molecule has 7 heteroatoms. The maximum atomic E-state index is 13.5. The number of rotatable bonds is 5. The molecule has 0 atom stereocenters. The Hall–Kier alpha value is -2.96. The van der Waals surface area contributed by atoms with Crippen molar-refractivity contribution in [2.45, 2.75) is 6.61 Å². The average molecular weight is 305 g/mol. The molecule has 0 fully saturated rings. The molecule has 114 valence electrons. The maximum absolute atomic E-state index is 13.5. The van der Waals surface area contributed by atoms with Gasteiger partial charge in [0.25, 0.3) is 0 Å². The predicted molar refractivity (Wildman–Crippen MR) is 75.2 cm³/mol. The van der Waals surface area contributed by atoms with E-state index in [1.54, 1.807) is 6.07 Å². The van der Waals surface area contributed by atoms with Crippen molar-refractivity contribution in [3.8, 4) is 5.75 Å². The van der Waals surface area contributed by atoms with Crippen LogP contribution in [0.25, 0.3) is 0 Å². The number of nitro benzene ring substituents is 1. The molecule has 0 radical (unpaired) electrons. The molecule has 0 aliphatic rings. The highest BCUT2D eigenvalue weighted by Gasteiger charge is 2.19. The van der Waals surface area contributed by atoms with Crippen LogP contribution in [-0.4, -0.2) is 18.0 Å². The molecular weight excluding hydrogens is 293 g/mol. The van der Waals surface area contributed by atoms with E-state index in [-0.39, 0.29) is 29.2 Å². The zero-order chi connectivity index (χ0) is 16.1. The average Bonchev–Trinajstić information content (AvgIpc) is 2.53. The molecule has 2 rings (SSSR count). The van der Waals surface area contributed by atoms with Crippen LogP contribution in [0.5, 0.6) is 5.75 Å². The summed E-state index contributed by atoms with van der Waals surface area (Å²) >= 11 is 0. The third-order valence-electron chi connectivity index (χ3n) is 2.92. The molecule has 6 nitrogen and oxygen atoms in total. The van der Waals surface area contributed by atoms with Gasteiger partial charge < -0.3 is 9.47 Å². The summed E-state index contributed by atoms with van der Waals surface area (Å²) in [6.07, 6.45) is 0. The van der Waals surface area contributed by atoms with E-state index in [0.29, 0.717) is 0 Å². The van der Waals surface area contributed by atoms with E-state index in [1.165, 1.54) is 37.4 Å². The highest BCUT2D eigenvalue weighted by atomic mass is 19.1. The van der Waals surface area contributed by atoms with Crippen LogP contribution in [0.3, 0.4) is 0 Å². The first-order valence-corrected chi connectivity index (χ1v) is 6.26. The number of hydrogen-bond acceptors (Lipinski definition) is 5. The highest BCUT2D eigenvalue weighted by molar-refractivity contribution is 5.90. The smallest absolute Gasteiger partial charge is 0.338 e. The Labute approximate surface area is 125 Å². The zero-order valence-corrected chi connectivity index (χ0v) is 11.6. The third kappa shape index (κ3) is 3.38. The summed E-state index contributed by atoms with van der Waals surface area (Å²) in [4.78, 5) is 21.8. The molecule has 22 heavy (non-hydrogen) atoms. The Morgan fingerprint density at radius 2 is 2.00 bits per heavy atom. The van der Waals surface area contributed by atoms with E-state index >= 15 is 0 Å². The van der Waals surface area contributed by atoms with Gasteiger partial charge in [-0.2, -0.15) is 0 Å². The third-order valence-corrected chi connectivity index (χ3v) is 2.92. The van der Waals surface area contributed by atoms with Crippen molar-refractivity contribution in [2.75, 3.05) is 7.11 Å². The summed E-state index contributed by atoms with van der Waals surface area (Å²) < 4.78 is 23.3. The number of benzene rings is 2. The minimum Gasteiger partial charge on any atom is -0.482 e. The van der Waals surface area contributed by atoms with Crippen molar-refractivity contribution in [1.82, 2.24) is 0 Å². The van der Waals surface area contributed by atoms with Crippen LogP contribution in [0.2, 0.25) is 0 Å². The Kier molecular flexibility index (Phi) is 4.67.